The Morgan fingerprint density at radius 3 is 2.79 bits per heavy atom. The van der Waals surface area contributed by atoms with Gasteiger partial charge in [0, 0.05) is 15.0 Å². The zero-order chi connectivity index (χ0) is 13.8. The number of amides is 2. The predicted molar refractivity (Wildman–Crippen MR) is 83.8 cm³/mol. The molecule has 0 spiro atoms. The molecule has 3 nitrogen and oxygen atoms in total. The molecule has 1 heterocycles. The van der Waals surface area contributed by atoms with E-state index in [9.17, 15) is 4.79 Å². The minimum absolute atomic E-state index is 0.186. The Hall–Kier alpha value is -1.33. The molecule has 0 saturated heterocycles. The number of carbonyl (C=O) groups excluding carboxylic acids is 1. The molecule has 0 aliphatic heterocycles. The fraction of sp³-hybridized carbons (Fsp3) is 0.214. The van der Waals surface area contributed by atoms with Gasteiger partial charge in [-0.25, -0.2) is 4.79 Å². The third-order valence-corrected chi connectivity index (χ3v) is 4.78. The molecular weight excluding hydrogens is 324 g/mol. The van der Waals surface area contributed by atoms with E-state index in [1.807, 2.05) is 37.4 Å². The first kappa shape index (κ1) is 14.1. The molecule has 0 unspecified atom stereocenters. The van der Waals surface area contributed by atoms with Crippen LogP contribution < -0.4 is 10.6 Å². The summed E-state index contributed by atoms with van der Waals surface area (Å²) >= 11 is 5.10. The van der Waals surface area contributed by atoms with Gasteiger partial charge in [-0.3, -0.25) is 0 Å². The van der Waals surface area contributed by atoms with Crippen LogP contribution in [0.4, 0.5) is 10.5 Å². The van der Waals surface area contributed by atoms with E-state index in [1.165, 1.54) is 10.4 Å². The average molecular weight is 339 g/mol. The second kappa shape index (κ2) is 6.21. The molecule has 2 aromatic rings. The van der Waals surface area contributed by atoms with Crippen LogP contribution in [0.25, 0.3) is 0 Å². The number of nitrogens with one attached hydrogen (secondary N) is 2. The zero-order valence-corrected chi connectivity index (χ0v) is 13.2. The molecule has 1 aromatic heterocycles. The fourth-order valence-electron chi connectivity index (χ4n) is 1.66. The van der Waals surface area contributed by atoms with Crippen LogP contribution in [0.15, 0.2) is 34.1 Å². The molecule has 5 heteroatoms. The maximum absolute atomic E-state index is 11.8. The Morgan fingerprint density at radius 2 is 2.11 bits per heavy atom. The summed E-state index contributed by atoms with van der Waals surface area (Å²) in [6.45, 7) is 4.56. The summed E-state index contributed by atoms with van der Waals surface area (Å²) in [5, 5.41) is 7.75. The number of rotatable bonds is 3. The van der Waals surface area contributed by atoms with Gasteiger partial charge in [0.1, 0.15) is 0 Å². The summed E-state index contributed by atoms with van der Waals surface area (Å²) in [4.78, 5) is 13.0. The highest BCUT2D eigenvalue weighted by molar-refractivity contribution is 9.10. The number of hydrogen-bond donors (Lipinski definition) is 2. The lowest BCUT2D eigenvalue weighted by atomic mass is 10.2. The third-order valence-electron chi connectivity index (χ3n) is 2.89. The molecule has 19 heavy (non-hydrogen) atoms. The van der Waals surface area contributed by atoms with Crippen LogP contribution in [0.1, 0.15) is 16.0 Å². The first-order valence-corrected chi connectivity index (χ1v) is 7.58. The zero-order valence-electron chi connectivity index (χ0n) is 10.8. The van der Waals surface area contributed by atoms with Crippen molar-refractivity contribution in [1.29, 1.82) is 0 Å². The quantitative estimate of drug-likeness (QED) is 0.852. The van der Waals surface area contributed by atoms with E-state index < -0.39 is 0 Å². The van der Waals surface area contributed by atoms with E-state index in [0.29, 0.717) is 6.54 Å². The van der Waals surface area contributed by atoms with Crippen molar-refractivity contribution in [2.45, 2.75) is 20.4 Å². The normalized spacial score (nSPS) is 10.3. The van der Waals surface area contributed by atoms with Crippen molar-refractivity contribution in [3.8, 4) is 0 Å². The number of urea groups is 1. The van der Waals surface area contributed by atoms with Gasteiger partial charge in [0.2, 0.25) is 0 Å². The lowest BCUT2D eigenvalue weighted by molar-refractivity contribution is 0.252. The van der Waals surface area contributed by atoms with Gasteiger partial charge in [-0.1, -0.05) is 22.0 Å². The van der Waals surface area contributed by atoms with Crippen LogP contribution in [0.3, 0.4) is 0 Å². The molecule has 2 N–H and O–H groups in total. The summed E-state index contributed by atoms with van der Waals surface area (Å²) in [5.41, 5.74) is 3.05. The molecule has 1 aromatic carbocycles. The molecule has 2 amide bonds. The molecule has 0 atom stereocenters. The maximum Gasteiger partial charge on any atom is 0.319 e. The number of hydrogen-bond acceptors (Lipinski definition) is 2. The van der Waals surface area contributed by atoms with Gasteiger partial charge >= 0.3 is 6.03 Å². The SMILES string of the molecule is Cc1ccsc1CNC(=O)Nc1cccc(Br)c1C. The first-order valence-electron chi connectivity index (χ1n) is 5.91. The minimum Gasteiger partial charge on any atom is -0.333 e. The molecule has 100 valence electrons. The Balaban J connectivity index is 1.95. The van der Waals surface area contributed by atoms with Gasteiger partial charge in [-0.05, 0) is 48.6 Å². The number of halogens is 1. The van der Waals surface area contributed by atoms with Crippen LogP contribution in [-0.4, -0.2) is 6.03 Å². The first-order chi connectivity index (χ1) is 9.08. The van der Waals surface area contributed by atoms with Crippen LogP contribution in [0.5, 0.6) is 0 Å². The van der Waals surface area contributed by atoms with Gasteiger partial charge in [0.25, 0.3) is 0 Å². The lowest BCUT2D eigenvalue weighted by Gasteiger charge is -2.10. The van der Waals surface area contributed by atoms with E-state index in [-0.39, 0.29) is 6.03 Å². The number of thiophene rings is 1. The van der Waals surface area contributed by atoms with E-state index in [4.69, 9.17) is 0 Å². The molecule has 0 fully saturated rings. The molecule has 0 aliphatic carbocycles. The van der Waals surface area contributed by atoms with Gasteiger partial charge in [0.15, 0.2) is 0 Å². The van der Waals surface area contributed by atoms with Crippen LogP contribution in [0.2, 0.25) is 0 Å². The average Bonchev–Trinajstić information content (AvgIpc) is 2.78. The predicted octanol–water partition coefficient (Wildman–Crippen LogP) is 4.45. The Kier molecular flexibility index (Phi) is 4.61. The Morgan fingerprint density at radius 1 is 1.32 bits per heavy atom. The number of carbonyl (C=O) groups is 1. The maximum atomic E-state index is 11.8. The fourth-order valence-corrected chi connectivity index (χ4v) is 2.87. The van der Waals surface area contributed by atoms with Gasteiger partial charge in [0.05, 0.1) is 6.54 Å². The summed E-state index contributed by atoms with van der Waals surface area (Å²) in [6, 6.07) is 7.60. The molecule has 0 saturated carbocycles. The molecule has 0 aliphatic rings. The lowest BCUT2D eigenvalue weighted by Crippen LogP contribution is -2.28. The van der Waals surface area contributed by atoms with Crippen molar-refractivity contribution < 1.29 is 4.79 Å². The topological polar surface area (TPSA) is 41.1 Å². The smallest absolute Gasteiger partial charge is 0.319 e. The highest BCUT2D eigenvalue weighted by Crippen LogP contribution is 2.23. The molecular formula is C14H15BrN2OS. The standard InChI is InChI=1S/C14H15BrN2OS/c1-9-6-7-19-13(9)8-16-14(18)17-12-5-3-4-11(15)10(12)2/h3-7H,8H2,1-2H3,(H2,16,17,18). The monoisotopic (exact) mass is 338 g/mol. The minimum atomic E-state index is -0.186. The van der Waals surface area contributed by atoms with Crippen LogP contribution in [-0.2, 0) is 6.54 Å². The molecule has 0 radical (unpaired) electrons. The highest BCUT2D eigenvalue weighted by atomic mass is 79.9. The van der Waals surface area contributed by atoms with E-state index >= 15 is 0 Å². The third kappa shape index (κ3) is 3.58. The van der Waals surface area contributed by atoms with Crippen molar-refractivity contribution >= 4 is 39.0 Å². The van der Waals surface area contributed by atoms with E-state index in [0.717, 1.165) is 15.7 Å². The van der Waals surface area contributed by atoms with Gasteiger partial charge in [-0.15, -0.1) is 11.3 Å². The number of benzene rings is 1. The summed E-state index contributed by atoms with van der Waals surface area (Å²) in [6.07, 6.45) is 0. The van der Waals surface area contributed by atoms with Crippen molar-refractivity contribution in [1.82, 2.24) is 5.32 Å². The van der Waals surface area contributed by atoms with E-state index in [1.54, 1.807) is 11.3 Å². The van der Waals surface area contributed by atoms with Crippen molar-refractivity contribution in [3.05, 3.63) is 50.1 Å². The largest absolute Gasteiger partial charge is 0.333 e. The number of aryl methyl sites for hydroxylation is 1. The number of anilines is 1. The summed E-state index contributed by atoms with van der Waals surface area (Å²) in [5.74, 6) is 0. The van der Waals surface area contributed by atoms with Gasteiger partial charge < -0.3 is 10.6 Å². The van der Waals surface area contributed by atoms with Crippen LogP contribution >= 0.6 is 27.3 Å². The van der Waals surface area contributed by atoms with Crippen molar-refractivity contribution in [3.63, 3.8) is 0 Å². The van der Waals surface area contributed by atoms with Crippen molar-refractivity contribution in [2.75, 3.05) is 5.32 Å². The summed E-state index contributed by atoms with van der Waals surface area (Å²) in [7, 11) is 0. The second-order valence-electron chi connectivity index (χ2n) is 4.25. The van der Waals surface area contributed by atoms with E-state index in [2.05, 4.69) is 32.6 Å². The van der Waals surface area contributed by atoms with Gasteiger partial charge in [-0.2, -0.15) is 0 Å². The van der Waals surface area contributed by atoms with Crippen molar-refractivity contribution in [2.24, 2.45) is 0 Å². The second-order valence-corrected chi connectivity index (χ2v) is 6.10. The summed E-state index contributed by atoms with van der Waals surface area (Å²) < 4.78 is 0.986. The Bertz CT molecular complexity index is 595. The highest BCUT2D eigenvalue weighted by Gasteiger charge is 2.07. The van der Waals surface area contributed by atoms with Crippen LogP contribution in [0, 0.1) is 13.8 Å². The molecule has 0 bridgehead atoms. The molecule has 2 rings (SSSR count). The Labute approximate surface area is 125 Å².